The summed E-state index contributed by atoms with van der Waals surface area (Å²) in [6, 6.07) is 7.86. The summed E-state index contributed by atoms with van der Waals surface area (Å²) in [6.45, 7) is 9.00. The number of aryl methyl sites for hydroxylation is 1. The highest BCUT2D eigenvalue weighted by Crippen LogP contribution is 2.44. The van der Waals surface area contributed by atoms with Crippen LogP contribution in [-0.4, -0.2) is 5.91 Å². The summed E-state index contributed by atoms with van der Waals surface area (Å²) < 4.78 is 0. The van der Waals surface area contributed by atoms with Gasteiger partial charge in [0.25, 0.3) is 5.91 Å². The lowest BCUT2D eigenvalue weighted by Crippen LogP contribution is -2.29. The average molecular weight is 357 g/mol. The van der Waals surface area contributed by atoms with Gasteiger partial charge in [-0.15, -0.1) is 11.3 Å². The normalized spacial score (nSPS) is 17.2. The summed E-state index contributed by atoms with van der Waals surface area (Å²) in [5.74, 6) is 0.586. The van der Waals surface area contributed by atoms with Crippen molar-refractivity contribution in [1.29, 1.82) is 0 Å². The molecular formula is C21H28N2OS. The first-order valence-corrected chi connectivity index (χ1v) is 9.91. The van der Waals surface area contributed by atoms with Gasteiger partial charge >= 0.3 is 0 Å². The van der Waals surface area contributed by atoms with Crippen LogP contribution in [0.4, 0.5) is 10.7 Å². The quantitative estimate of drug-likeness (QED) is 0.767. The molecule has 1 aromatic carbocycles. The van der Waals surface area contributed by atoms with Crippen LogP contribution in [0.1, 0.15) is 60.0 Å². The Balaban J connectivity index is 1.83. The van der Waals surface area contributed by atoms with Crippen LogP contribution in [0.15, 0.2) is 24.3 Å². The minimum atomic E-state index is -0.0768. The molecule has 1 heterocycles. The Morgan fingerprint density at radius 1 is 1.32 bits per heavy atom. The molecule has 1 aromatic heterocycles. The van der Waals surface area contributed by atoms with Crippen molar-refractivity contribution in [2.24, 2.45) is 11.3 Å². The second-order valence-electron chi connectivity index (χ2n) is 7.85. The van der Waals surface area contributed by atoms with Gasteiger partial charge in [-0.2, -0.15) is 0 Å². The third-order valence-electron chi connectivity index (χ3n) is 5.85. The van der Waals surface area contributed by atoms with E-state index in [1.807, 2.05) is 31.2 Å². The third-order valence-corrected chi connectivity index (χ3v) is 6.93. The van der Waals surface area contributed by atoms with Gasteiger partial charge in [0.05, 0.1) is 10.6 Å². The summed E-state index contributed by atoms with van der Waals surface area (Å²) in [5.41, 5.74) is 10.4. The van der Waals surface area contributed by atoms with Crippen LogP contribution in [0.2, 0.25) is 0 Å². The zero-order valence-corrected chi connectivity index (χ0v) is 16.4. The Hall–Kier alpha value is -1.81. The topological polar surface area (TPSA) is 55.1 Å². The van der Waals surface area contributed by atoms with Gasteiger partial charge in [-0.1, -0.05) is 44.9 Å². The van der Waals surface area contributed by atoms with Crippen molar-refractivity contribution in [1.82, 2.24) is 0 Å². The van der Waals surface area contributed by atoms with Crippen LogP contribution >= 0.6 is 11.3 Å². The maximum atomic E-state index is 12.8. The second kappa shape index (κ2) is 6.83. The van der Waals surface area contributed by atoms with Gasteiger partial charge in [-0.05, 0) is 55.2 Å². The molecule has 0 saturated carbocycles. The van der Waals surface area contributed by atoms with Gasteiger partial charge < -0.3 is 11.1 Å². The smallest absolute Gasteiger partial charge is 0.258 e. The fourth-order valence-corrected chi connectivity index (χ4v) is 4.84. The highest BCUT2D eigenvalue weighted by Gasteiger charge is 2.34. The zero-order valence-electron chi connectivity index (χ0n) is 15.6. The Labute approximate surface area is 154 Å². The van der Waals surface area contributed by atoms with E-state index in [1.165, 1.54) is 22.4 Å². The van der Waals surface area contributed by atoms with E-state index in [4.69, 9.17) is 5.73 Å². The third kappa shape index (κ3) is 3.59. The Kier molecular flexibility index (Phi) is 4.92. The van der Waals surface area contributed by atoms with E-state index in [0.29, 0.717) is 21.9 Å². The number of carbonyl (C=O) groups is 1. The molecular weight excluding hydrogens is 328 g/mol. The molecule has 1 unspecified atom stereocenters. The average Bonchev–Trinajstić information content (AvgIpc) is 2.91. The SMILES string of the molecule is CCC(C)(C)C1CCc2c(sc(N)c2C(=O)Nc2ccc(C)cc2)C1. The van der Waals surface area contributed by atoms with Crippen LogP contribution in [0.5, 0.6) is 0 Å². The molecule has 0 spiro atoms. The van der Waals surface area contributed by atoms with E-state index in [-0.39, 0.29) is 5.91 Å². The van der Waals surface area contributed by atoms with Gasteiger partial charge in [-0.3, -0.25) is 4.79 Å². The number of hydrogen-bond donors (Lipinski definition) is 2. The molecule has 4 heteroatoms. The van der Waals surface area contributed by atoms with Crippen LogP contribution < -0.4 is 11.1 Å². The molecule has 134 valence electrons. The van der Waals surface area contributed by atoms with Crippen molar-refractivity contribution < 1.29 is 4.79 Å². The maximum Gasteiger partial charge on any atom is 0.258 e. The molecule has 1 aliphatic rings. The Morgan fingerprint density at radius 3 is 2.64 bits per heavy atom. The predicted octanol–water partition coefficient (Wildman–Crippen LogP) is 5.43. The number of fused-ring (bicyclic) bond motifs is 1. The lowest BCUT2D eigenvalue weighted by atomic mass is 9.69. The first-order chi connectivity index (χ1) is 11.8. The fraction of sp³-hybridized carbons (Fsp3) is 0.476. The zero-order chi connectivity index (χ0) is 18.2. The number of carbonyl (C=O) groups excluding carboxylic acids is 1. The van der Waals surface area contributed by atoms with Crippen LogP contribution in [0.3, 0.4) is 0 Å². The van der Waals surface area contributed by atoms with Gasteiger partial charge in [0.15, 0.2) is 0 Å². The van der Waals surface area contributed by atoms with Crippen molar-refractivity contribution in [3.63, 3.8) is 0 Å². The molecule has 1 atom stereocenters. The summed E-state index contributed by atoms with van der Waals surface area (Å²) in [5, 5.41) is 3.66. The van der Waals surface area contributed by atoms with Gasteiger partial charge in [0.2, 0.25) is 0 Å². The predicted molar refractivity (Wildman–Crippen MR) is 107 cm³/mol. The molecule has 3 N–H and O–H groups in total. The van der Waals surface area contributed by atoms with Crippen molar-refractivity contribution in [2.75, 3.05) is 11.1 Å². The largest absolute Gasteiger partial charge is 0.390 e. The molecule has 1 aliphatic carbocycles. The summed E-state index contributed by atoms with van der Waals surface area (Å²) >= 11 is 1.61. The Morgan fingerprint density at radius 2 is 2.00 bits per heavy atom. The van der Waals surface area contributed by atoms with E-state index < -0.39 is 0 Å². The highest BCUT2D eigenvalue weighted by atomic mass is 32.1. The minimum Gasteiger partial charge on any atom is -0.390 e. The number of amides is 1. The standard InChI is InChI=1S/C21H28N2OS/c1-5-21(3,4)14-8-11-16-17(12-14)25-19(22)18(16)20(24)23-15-9-6-13(2)7-10-15/h6-7,9-10,14H,5,8,11-12,22H2,1-4H3,(H,23,24). The van der Waals surface area contributed by atoms with Crippen LogP contribution in [0.25, 0.3) is 0 Å². The fourth-order valence-electron chi connectivity index (χ4n) is 3.64. The summed E-state index contributed by atoms with van der Waals surface area (Å²) in [4.78, 5) is 14.1. The van der Waals surface area contributed by atoms with E-state index in [1.54, 1.807) is 11.3 Å². The molecule has 0 fully saturated rings. The lowest BCUT2D eigenvalue weighted by molar-refractivity contribution is 0.102. The van der Waals surface area contributed by atoms with E-state index in [2.05, 4.69) is 26.1 Å². The molecule has 0 bridgehead atoms. The lowest BCUT2D eigenvalue weighted by Gasteiger charge is -2.36. The maximum absolute atomic E-state index is 12.8. The van der Waals surface area contributed by atoms with Gasteiger partial charge in [-0.25, -0.2) is 0 Å². The first-order valence-electron chi connectivity index (χ1n) is 9.10. The van der Waals surface area contributed by atoms with E-state index in [0.717, 1.165) is 24.9 Å². The molecule has 0 aliphatic heterocycles. The number of nitrogens with two attached hydrogens (primary N) is 1. The molecule has 25 heavy (non-hydrogen) atoms. The van der Waals surface area contributed by atoms with Crippen molar-refractivity contribution in [2.45, 2.75) is 53.4 Å². The molecule has 3 rings (SSSR count). The summed E-state index contributed by atoms with van der Waals surface area (Å²) in [6.07, 6.45) is 4.31. The molecule has 0 saturated heterocycles. The van der Waals surface area contributed by atoms with Crippen molar-refractivity contribution in [3.8, 4) is 0 Å². The van der Waals surface area contributed by atoms with E-state index >= 15 is 0 Å². The second-order valence-corrected chi connectivity index (χ2v) is 8.98. The first kappa shape index (κ1) is 18.0. The van der Waals surface area contributed by atoms with E-state index in [9.17, 15) is 4.79 Å². The number of rotatable bonds is 4. The molecule has 3 nitrogen and oxygen atoms in total. The number of anilines is 2. The number of hydrogen-bond acceptors (Lipinski definition) is 3. The number of nitrogens with one attached hydrogen (secondary N) is 1. The van der Waals surface area contributed by atoms with Crippen LogP contribution in [-0.2, 0) is 12.8 Å². The highest BCUT2D eigenvalue weighted by molar-refractivity contribution is 7.16. The molecule has 0 radical (unpaired) electrons. The molecule has 2 aromatic rings. The minimum absolute atomic E-state index is 0.0768. The number of nitrogen functional groups attached to an aromatic ring is 1. The van der Waals surface area contributed by atoms with Crippen LogP contribution in [0, 0.1) is 18.3 Å². The van der Waals surface area contributed by atoms with Gasteiger partial charge in [0.1, 0.15) is 0 Å². The number of thiophene rings is 1. The monoisotopic (exact) mass is 356 g/mol. The van der Waals surface area contributed by atoms with Crippen molar-refractivity contribution >= 4 is 27.9 Å². The van der Waals surface area contributed by atoms with Crippen molar-refractivity contribution in [3.05, 3.63) is 45.8 Å². The Bertz CT molecular complexity index is 774. The number of benzene rings is 1. The summed E-state index contributed by atoms with van der Waals surface area (Å²) in [7, 11) is 0. The van der Waals surface area contributed by atoms with Gasteiger partial charge in [0, 0.05) is 10.6 Å². The molecule has 1 amide bonds.